The Morgan fingerprint density at radius 1 is 1.39 bits per heavy atom. The van der Waals surface area contributed by atoms with E-state index in [4.69, 9.17) is 16.6 Å². The van der Waals surface area contributed by atoms with Gasteiger partial charge in [0.05, 0.1) is 6.04 Å². The number of terminal acetylenes is 1. The van der Waals surface area contributed by atoms with Crippen LogP contribution in [0, 0.1) is 18.3 Å². The number of para-hydroxylation sites is 1. The van der Waals surface area contributed by atoms with Crippen LogP contribution in [0.3, 0.4) is 0 Å². The average Bonchev–Trinajstić information content (AvgIpc) is 2.81. The molecule has 94 valence electrons. The van der Waals surface area contributed by atoms with Crippen LogP contribution in [-0.2, 0) is 0 Å². The molecule has 2 heteroatoms. The summed E-state index contributed by atoms with van der Waals surface area (Å²) in [6.07, 6.45) is 8.23. The summed E-state index contributed by atoms with van der Waals surface area (Å²) in [5, 5.41) is 1.10. The number of hydrogen-bond acceptors (Lipinski definition) is 2. The maximum Gasteiger partial charge on any atom is 0.134 e. The van der Waals surface area contributed by atoms with Gasteiger partial charge in [0, 0.05) is 11.8 Å². The Labute approximate surface area is 108 Å². The third kappa shape index (κ3) is 2.57. The lowest BCUT2D eigenvalue weighted by molar-refractivity contribution is 0.357. The Hall–Kier alpha value is -1.72. The zero-order valence-electron chi connectivity index (χ0n) is 10.7. The maximum atomic E-state index is 6.29. The first-order valence-corrected chi connectivity index (χ1v) is 6.43. The summed E-state index contributed by atoms with van der Waals surface area (Å²) < 4.78 is 5.81. The van der Waals surface area contributed by atoms with E-state index in [9.17, 15) is 0 Å². The highest BCUT2D eigenvalue weighted by molar-refractivity contribution is 5.77. The van der Waals surface area contributed by atoms with E-state index in [2.05, 4.69) is 12.8 Å². The summed E-state index contributed by atoms with van der Waals surface area (Å²) >= 11 is 0. The number of rotatable bonds is 5. The van der Waals surface area contributed by atoms with Gasteiger partial charge in [-0.25, -0.2) is 0 Å². The molecule has 0 aliphatic rings. The van der Waals surface area contributed by atoms with Gasteiger partial charge in [0.1, 0.15) is 11.3 Å². The minimum Gasteiger partial charge on any atom is -0.459 e. The SMILES string of the molecule is C#CCC(CCC)C(N)c1cc2ccccc2o1. The first kappa shape index (κ1) is 12.7. The van der Waals surface area contributed by atoms with Crippen molar-refractivity contribution in [2.75, 3.05) is 0 Å². The van der Waals surface area contributed by atoms with Crippen LogP contribution >= 0.6 is 0 Å². The molecule has 0 aliphatic carbocycles. The normalized spacial score (nSPS) is 14.3. The van der Waals surface area contributed by atoms with Crippen molar-refractivity contribution in [3.63, 3.8) is 0 Å². The van der Waals surface area contributed by atoms with Gasteiger partial charge in [0.15, 0.2) is 0 Å². The van der Waals surface area contributed by atoms with E-state index in [-0.39, 0.29) is 6.04 Å². The molecule has 18 heavy (non-hydrogen) atoms. The lowest BCUT2D eigenvalue weighted by Gasteiger charge is -2.19. The highest BCUT2D eigenvalue weighted by atomic mass is 16.3. The van der Waals surface area contributed by atoms with Crippen LogP contribution in [0.15, 0.2) is 34.7 Å². The molecule has 0 radical (unpaired) electrons. The minimum absolute atomic E-state index is 0.117. The first-order valence-electron chi connectivity index (χ1n) is 6.43. The van der Waals surface area contributed by atoms with Gasteiger partial charge in [-0.3, -0.25) is 0 Å². The predicted octanol–water partition coefficient (Wildman–Crippen LogP) is 3.87. The molecule has 0 saturated heterocycles. The topological polar surface area (TPSA) is 39.2 Å². The van der Waals surface area contributed by atoms with Crippen molar-refractivity contribution >= 4 is 11.0 Å². The second-order valence-electron chi connectivity index (χ2n) is 4.67. The second-order valence-corrected chi connectivity index (χ2v) is 4.67. The van der Waals surface area contributed by atoms with Crippen LogP contribution < -0.4 is 5.73 Å². The van der Waals surface area contributed by atoms with E-state index in [1.165, 1.54) is 0 Å². The maximum absolute atomic E-state index is 6.29. The van der Waals surface area contributed by atoms with Crippen molar-refractivity contribution in [1.82, 2.24) is 0 Å². The van der Waals surface area contributed by atoms with Gasteiger partial charge in [-0.15, -0.1) is 12.3 Å². The van der Waals surface area contributed by atoms with Gasteiger partial charge in [0.2, 0.25) is 0 Å². The number of benzene rings is 1. The van der Waals surface area contributed by atoms with Crippen molar-refractivity contribution in [3.05, 3.63) is 36.1 Å². The van der Waals surface area contributed by atoms with E-state index in [0.717, 1.165) is 29.6 Å². The monoisotopic (exact) mass is 241 g/mol. The molecule has 1 heterocycles. The van der Waals surface area contributed by atoms with Crippen LogP contribution in [-0.4, -0.2) is 0 Å². The Balaban J connectivity index is 2.25. The van der Waals surface area contributed by atoms with E-state index in [1.54, 1.807) is 0 Å². The third-order valence-corrected chi connectivity index (χ3v) is 3.32. The fourth-order valence-electron chi connectivity index (χ4n) is 2.33. The predicted molar refractivity (Wildman–Crippen MR) is 75.0 cm³/mol. The molecule has 1 aromatic carbocycles. The molecule has 0 aliphatic heterocycles. The highest BCUT2D eigenvalue weighted by Crippen LogP contribution is 2.30. The molecular weight excluding hydrogens is 222 g/mol. The van der Waals surface area contributed by atoms with E-state index >= 15 is 0 Å². The van der Waals surface area contributed by atoms with E-state index < -0.39 is 0 Å². The zero-order chi connectivity index (χ0) is 13.0. The largest absolute Gasteiger partial charge is 0.459 e. The van der Waals surface area contributed by atoms with Gasteiger partial charge >= 0.3 is 0 Å². The average molecular weight is 241 g/mol. The highest BCUT2D eigenvalue weighted by Gasteiger charge is 2.21. The quantitative estimate of drug-likeness (QED) is 0.807. The van der Waals surface area contributed by atoms with Crippen molar-refractivity contribution in [2.45, 2.75) is 32.2 Å². The van der Waals surface area contributed by atoms with Gasteiger partial charge < -0.3 is 10.2 Å². The molecule has 0 spiro atoms. The van der Waals surface area contributed by atoms with Crippen molar-refractivity contribution in [1.29, 1.82) is 0 Å². The van der Waals surface area contributed by atoms with Crippen LogP contribution in [0.5, 0.6) is 0 Å². The lowest BCUT2D eigenvalue weighted by atomic mass is 9.91. The Kier molecular flexibility index (Phi) is 4.07. The molecular formula is C16H19NO. The summed E-state index contributed by atoms with van der Waals surface area (Å²) in [6.45, 7) is 2.15. The molecule has 2 N–H and O–H groups in total. The van der Waals surface area contributed by atoms with Crippen molar-refractivity contribution in [3.8, 4) is 12.3 Å². The molecule has 2 aromatic rings. The molecule has 0 fully saturated rings. The van der Waals surface area contributed by atoms with Crippen LogP contribution in [0.4, 0.5) is 0 Å². The smallest absolute Gasteiger partial charge is 0.134 e. The third-order valence-electron chi connectivity index (χ3n) is 3.32. The Morgan fingerprint density at radius 2 is 2.17 bits per heavy atom. The van der Waals surface area contributed by atoms with Crippen LogP contribution in [0.1, 0.15) is 38.0 Å². The molecule has 0 amide bonds. The standard InChI is InChI=1S/C16H19NO/c1-3-7-12(8-4-2)16(17)15-11-13-9-5-6-10-14(13)18-15/h1,5-6,9-12,16H,4,7-8,17H2,2H3. The van der Waals surface area contributed by atoms with Crippen molar-refractivity contribution < 1.29 is 4.42 Å². The van der Waals surface area contributed by atoms with Gasteiger partial charge in [-0.05, 0) is 24.5 Å². The lowest BCUT2D eigenvalue weighted by Crippen LogP contribution is -2.20. The fraction of sp³-hybridized carbons (Fsp3) is 0.375. The second kappa shape index (κ2) is 5.75. The minimum atomic E-state index is -0.117. The molecule has 2 atom stereocenters. The molecule has 2 unspecified atom stereocenters. The number of hydrogen-bond donors (Lipinski definition) is 1. The first-order chi connectivity index (χ1) is 8.76. The summed E-state index contributed by atoms with van der Waals surface area (Å²) in [5.74, 6) is 3.85. The van der Waals surface area contributed by atoms with E-state index in [0.29, 0.717) is 12.3 Å². The van der Waals surface area contributed by atoms with E-state index in [1.807, 2.05) is 30.3 Å². The summed E-state index contributed by atoms with van der Waals surface area (Å²) in [4.78, 5) is 0. The Morgan fingerprint density at radius 3 is 2.83 bits per heavy atom. The fourth-order valence-corrected chi connectivity index (χ4v) is 2.33. The molecule has 0 saturated carbocycles. The molecule has 2 nitrogen and oxygen atoms in total. The van der Waals surface area contributed by atoms with Crippen LogP contribution in [0.25, 0.3) is 11.0 Å². The molecule has 0 bridgehead atoms. The van der Waals surface area contributed by atoms with Gasteiger partial charge in [-0.2, -0.15) is 0 Å². The summed E-state index contributed by atoms with van der Waals surface area (Å²) in [5.41, 5.74) is 7.17. The number of fused-ring (bicyclic) bond motifs is 1. The number of nitrogens with two attached hydrogens (primary N) is 1. The van der Waals surface area contributed by atoms with Gasteiger partial charge in [0.25, 0.3) is 0 Å². The zero-order valence-corrected chi connectivity index (χ0v) is 10.7. The number of furan rings is 1. The molecule has 1 aromatic heterocycles. The Bertz CT molecular complexity index is 516. The summed E-state index contributed by atoms with van der Waals surface area (Å²) in [7, 11) is 0. The summed E-state index contributed by atoms with van der Waals surface area (Å²) in [6, 6.07) is 9.86. The van der Waals surface area contributed by atoms with Crippen LogP contribution in [0.2, 0.25) is 0 Å². The van der Waals surface area contributed by atoms with Gasteiger partial charge in [-0.1, -0.05) is 31.5 Å². The van der Waals surface area contributed by atoms with Crippen molar-refractivity contribution in [2.24, 2.45) is 11.7 Å². The molecule has 2 rings (SSSR count).